The Hall–Kier alpha value is -1.82. The highest BCUT2D eigenvalue weighted by atomic mass is 16.5. The van der Waals surface area contributed by atoms with Crippen LogP contribution in [-0.2, 0) is 11.3 Å². The zero-order chi connectivity index (χ0) is 16.1. The molecular formula is C17H26N4O2. The second kappa shape index (κ2) is 7.64. The summed E-state index contributed by atoms with van der Waals surface area (Å²) in [6.07, 6.45) is 6.57. The monoisotopic (exact) mass is 318 g/mol. The fraction of sp³-hybridized carbons (Fsp3) is 0.647. The first-order chi connectivity index (χ1) is 11.2. The molecule has 3 heterocycles. The van der Waals surface area contributed by atoms with E-state index < -0.39 is 0 Å². The molecule has 0 aliphatic carbocycles. The summed E-state index contributed by atoms with van der Waals surface area (Å²) in [5.74, 6) is 1.03. The lowest BCUT2D eigenvalue weighted by molar-refractivity contribution is 0.0860. The number of hydrogen-bond donors (Lipinski definition) is 2. The number of anilines is 1. The summed E-state index contributed by atoms with van der Waals surface area (Å²) < 4.78 is 5.58. The van der Waals surface area contributed by atoms with Crippen LogP contribution in [0.25, 0.3) is 0 Å². The zero-order valence-corrected chi connectivity index (χ0v) is 13.8. The number of pyridine rings is 1. The third-order valence-corrected chi connectivity index (χ3v) is 4.57. The zero-order valence-electron chi connectivity index (χ0n) is 13.8. The quantitative estimate of drug-likeness (QED) is 0.872. The molecule has 2 atom stereocenters. The number of amides is 2. The van der Waals surface area contributed by atoms with Crippen molar-refractivity contribution in [3.63, 3.8) is 0 Å². The highest BCUT2D eigenvalue weighted by Crippen LogP contribution is 2.17. The molecule has 0 spiro atoms. The summed E-state index contributed by atoms with van der Waals surface area (Å²) >= 11 is 0. The lowest BCUT2D eigenvalue weighted by Gasteiger charge is -2.20. The van der Waals surface area contributed by atoms with Crippen molar-refractivity contribution in [2.75, 3.05) is 24.6 Å². The Morgan fingerprint density at radius 1 is 1.39 bits per heavy atom. The largest absolute Gasteiger partial charge is 0.376 e. The van der Waals surface area contributed by atoms with Gasteiger partial charge in [0.1, 0.15) is 5.82 Å². The van der Waals surface area contributed by atoms with E-state index in [1.807, 2.05) is 25.3 Å². The Bertz CT molecular complexity index is 508. The second-order valence-corrected chi connectivity index (χ2v) is 6.39. The molecule has 0 unspecified atom stereocenters. The molecule has 2 amide bonds. The van der Waals surface area contributed by atoms with Crippen LogP contribution >= 0.6 is 0 Å². The summed E-state index contributed by atoms with van der Waals surface area (Å²) in [6, 6.07) is 3.95. The predicted octanol–water partition coefficient (Wildman–Crippen LogP) is 2.05. The standard InChI is InChI=1S/C17H26N4O2/c1-13(15-5-4-10-23-15)20-17(22)19-12-14-6-7-16(18-11-14)21-8-2-3-9-21/h6-7,11,13,15H,2-5,8-10,12H2,1H3,(H2,19,20,22)/t13-,15-/m0/s1. The molecule has 0 radical (unpaired) electrons. The first kappa shape index (κ1) is 16.1. The van der Waals surface area contributed by atoms with E-state index in [4.69, 9.17) is 4.74 Å². The van der Waals surface area contributed by atoms with Crippen molar-refractivity contribution in [3.05, 3.63) is 23.9 Å². The van der Waals surface area contributed by atoms with Crippen LogP contribution in [-0.4, -0.2) is 42.9 Å². The van der Waals surface area contributed by atoms with Crippen molar-refractivity contribution in [3.8, 4) is 0 Å². The molecular weight excluding hydrogens is 292 g/mol. The van der Waals surface area contributed by atoms with Crippen LogP contribution in [0, 0.1) is 0 Å². The normalized spacial score (nSPS) is 22.1. The molecule has 6 nitrogen and oxygen atoms in total. The molecule has 1 aromatic rings. The van der Waals surface area contributed by atoms with Crippen molar-refractivity contribution in [1.82, 2.24) is 15.6 Å². The highest BCUT2D eigenvalue weighted by Gasteiger charge is 2.23. The molecule has 23 heavy (non-hydrogen) atoms. The minimum Gasteiger partial charge on any atom is -0.376 e. The highest BCUT2D eigenvalue weighted by molar-refractivity contribution is 5.74. The van der Waals surface area contributed by atoms with Crippen LogP contribution in [0.3, 0.4) is 0 Å². The van der Waals surface area contributed by atoms with Gasteiger partial charge in [0.2, 0.25) is 0 Å². The van der Waals surface area contributed by atoms with Crippen molar-refractivity contribution in [2.45, 2.75) is 51.3 Å². The Morgan fingerprint density at radius 3 is 2.87 bits per heavy atom. The van der Waals surface area contributed by atoms with Gasteiger partial charge in [-0.05, 0) is 44.2 Å². The third-order valence-electron chi connectivity index (χ3n) is 4.57. The summed E-state index contributed by atoms with van der Waals surface area (Å²) in [7, 11) is 0. The maximum Gasteiger partial charge on any atom is 0.315 e. The number of hydrogen-bond acceptors (Lipinski definition) is 4. The van der Waals surface area contributed by atoms with E-state index in [2.05, 4.69) is 20.5 Å². The Morgan fingerprint density at radius 2 is 2.22 bits per heavy atom. The fourth-order valence-electron chi connectivity index (χ4n) is 3.18. The van der Waals surface area contributed by atoms with Gasteiger partial charge in [-0.2, -0.15) is 0 Å². The number of aromatic nitrogens is 1. The average molecular weight is 318 g/mol. The van der Waals surface area contributed by atoms with E-state index in [-0.39, 0.29) is 18.2 Å². The van der Waals surface area contributed by atoms with Crippen LogP contribution in [0.1, 0.15) is 38.2 Å². The molecule has 6 heteroatoms. The molecule has 2 saturated heterocycles. The Kier molecular flexibility index (Phi) is 5.33. The maximum absolute atomic E-state index is 12.0. The lowest BCUT2D eigenvalue weighted by Crippen LogP contribution is -2.45. The summed E-state index contributed by atoms with van der Waals surface area (Å²) in [5.41, 5.74) is 1.01. The number of nitrogens with zero attached hydrogens (tertiary/aromatic N) is 2. The number of nitrogens with one attached hydrogen (secondary N) is 2. The predicted molar refractivity (Wildman–Crippen MR) is 89.5 cm³/mol. The summed E-state index contributed by atoms with van der Waals surface area (Å²) in [6.45, 7) is 5.45. The lowest BCUT2D eigenvalue weighted by atomic mass is 10.1. The van der Waals surface area contributed by atoms with Gasteiger partial charge in [-0.15, -0.1) is 0 Å². The minimum absolute atomic E-state index is 0.0353. The maximum atomic E-state index is 12.0. The number of ether oxygens (including phenoxy) is 1. The topological polar surface area (TPSA) is 66.5 Å². The molecule has 2 aliphatic rings. The molecule has 2 N–H and O–H groups in total. The van der Waals surface area contributed by atoms with E-state index >= 15 is 0 Å². The van der Waals surface area contributed by atoms with E-state index in [1.165, 1.54) is 12.8 Å². The van der Waals surface area contributed by atoms with Gasteiger partial charge in [0.25, 0.3) is 0 Å². The average Bonchev–Trinajstić information content (AvgIpc) is 3.26. The van der Waals surface area contributed by atoms with Crippen molar-refractivity contribution in [1.29, 1.82) is 0 Å². The molecule has 2 aliphatic heterocycles. The van der Waals surface area contributed by atoms with E-state index in [9.17, 15) is 4.79 Å². The molecule has 0 saturated carbocycles. The van der Waals surface area contributed by atoms with Gasteiger partial charge in [-0.3, -0.25) is 0 Å². The summed E-state index contributed by atoms with van der Waals surface area (Å²) in [5, 5.41) is 5.83. The number of carbonyl (C=O) groups excluding carboxylic acids is 1. The summed E-state index contributed by atoms with van der Waals surface area (Å²) in [4.78, 5) is 18.7. The minimum atomic E-state index is -0.156. The molecule has 2 fully saturated rings. The van der Waals surface area contributed by atoms with E-state index in [0.29, 0.717) is 6.54 Å². The SMILES string of the molecule is C[C@H](NC(=O)NCc1ccc(N2CCCC2)nc1)[C@@H]1CCCO1. The molecule has 0 bridgehead atoms. The van der Waals surface area contributed by atoms with Crippen molar-refractivity contribution < 1.29 is 9.53 Å². The van der Waals surface area contributed by atoms with Gasteiger partial charge < -0.3 is 20.3 Å². The van der Waals surface area contributed by atoms with Crippen LogP contribution < -0.4 is 15.5 Å². The van der Waals surface area contributed by atoms with Crippen LogP contribution in [0.4, 0.5) is 10.6 Å². The third kappa shape index (κ3) is 4.34. The first-order valence-electron chi connectivity index (χ1n) is 8.58. The molecule has 1 aromatic heterocycles. The van der Waals surface area contributed by atoms with E-state index in [1.54, 1.807) is 0 Å². The smallest absolute Gasteiger partial charge is 0.315 e. The number of carbonyl (C=O) groups is 1. The second-order valence-electron chi connectivity index (χ2n) is 6.39. The fourth-order valence-corrected chi connectivity index (χ4v) is 3.18. The van der Waals surface area contributed by atoms with Gasteiger partial charge in [0, 0.05) is 32.4 Å². The van der Waals surface area contributed by atoms with Crippen LogP contribution in [0.5, 0.6) is 0 Å². The van der Waals surface area contributed by atoms with Crippen molar-refractivity contribution >= 4 is 11.8 Å². The Labute approximate surface area is 137 Å². The first-order valence-corrected chi connectivity index (χ1v) is 8.58. The van der Waals surface area contributed by atoms with E-state index in [0.717, 1.165) is 43.9 Å². The molecule has 126 valence electrons. The van der Waals surface area contributed by atoms with Gasteiger partial charge in [0.05, 0.1) is 12.1 Å². The van der Waals surface area contributed by atoms with Crippen molar-refractivity contribution in [2.24, 2.45) is 0 Å². The van der Waals surface area contributed by atoms with Gasteiger partial charge in [0.15, 0.2) is 0 Å². The van der Waals surface area contributed by atoms with Crippen LogP contribution in [0.2, 0.25) is 0 Å². The number of urea groups is 1. The number of rotatable bonds is 5. The molecule has 0 aromatic carbocycles. The van der Waals surface area contributed by atoms with Gasteiger partial charge in [-0.1, -0.05) is 6.07 Å². The van der Waals surface area contributed by atoms with Gasteiger partial charge in [-0.25, -0.2) is 9.78 Å². The Balaban J connectivity index is 1.43. The van der Waals surface area contributed by atoms with Gasteiger partial charge >= 0.3 is 6.03 Å². The van der Waals surface area contributed by atoms with Crippen LogP contribution in [0.15, 0.2) is 18.3 Å². The molecule has 3 rings (SSSR count).